The van der Waals surface area contributed by atoms with Crippen molar-refractivity contribution in [3.63, 3.8) is 0 Å². The van der Waals surface area contributed by atoms with Gasteiger partial charge < -0.3 is 14.8 Å². The maximum absolute atomic E-state index is 12.6. The zero-order valence-electron chi connectivity index (χ0n) is 15.0. The highest BCUT2D eigenvalue weighted by atomic mass is 35.5. The summed E-state index contributed by atoms with van der Waals surface area (Å²) in [4.78, 5) is 26.0. The van der Waals surface area contributed by atoms with Crippen LogP contribution in [0, 0.1) is 0 Å². The fourth-order valence-corrected chi connectivity index (χ4v) is 2.83. The molecule has 1 fully saturated rings. The van der Waals surface area contributed by atoms with E-state index in [-0.39, 0.29) is 18.1 Å². The average Bonchev–Trinajstić information content (AvgIpc) is 2.92. The first-order valence-corrected chi connectivity index (χ1v) is 8.79. The van der Waals surface area contributed by atoms with E-state index in [1.54, 1.807) is 55.7 Å². The molecule has 0 aromatic heterocycles. The number of carbonyl (C=O) groups is 2. The summed E-state index contributed by atoms with van der Waals surface area (Å²) in [5.74, 6) is 0.789. The van der Waals surface area contributed by atoms with Crippen molar-refractivity contribution in [3.05, 3.63) is 64.3 Å². The van der Waals surface area contributed by atoms with Gasteiger partial charge in [0, 0.05) is 5.02 Å². The molecule has 2 aromatic rings. The minimum Gasteiger partial charge on any atom is -0.493 e. The van der Waals surface area contributed by atoms with Gasteiger partial charge in [-0.15, -0.1) is 0 Å². The lowest BCUT2D eigenvalue weighted by Crippen LogP contribution is -2.30. The van der Waals surface area contributed by atoms with Gasteiger partial charge in [-0.1, -0.05) is 29.8 Å². The summed E-state index contributed by atoms with van der Waals surface area (Å²) >= 11 is 5.87. The molecule has 1 heterocycles. The molecular formula is C20H19ClN2O4. The zero-order chi connectivity index (χ0) is 19.4. The Kier molecular flexibility index (Phi) is 5.66. The third-order valence-electron chi connectivity index (χ3n) is 4.01. The fraction of sp³-hybridized carbons (Fsp3) is 0.200. The predicted octanol–water partition coefficient (Wildman–Crippen LogP) is 3.84. The van der Waals surface area contributed by atoms with Crippen molar-refractivity contribution in [2.75, 3.05) is 13.7 Å². The van der Waals surface area contributed by atoms with Crippen molar-refractivity contribution in [1.82, 2.24) is 10.2 Å². The highest BCUT2D eigenvalue weighted by Crippen LogP contribution is 2.29. The second kappa shape index (κ2) is 8.14. The predicted molar refractivity (Wildman–Crippen MR) is 103 cm³/mol. The number of urea groups is 1. The Bertz CT molecular complexity index is 893. The van der Waals surface area contributed by atoms with E-state index >= 15 is 0 Å². The zero-order valence-corrected chi connectivity index (χ0v) is 15.7. The van der Waals surface area contributed by atoms with Crippen LogP contribution in [0.1, 0.15) is 18.1 Å². The molecule has 3 rings (SSSR count). The van der Waals surface area contributed by atoms with Gasteiger partial charge in [-0.3, -0.25) is 9.69 Å². The van der Waals surface area contributed by atoms with Gasteiger partial charge in [0.15, 0.2) is 11.5 Å². The van der Waals surface area contributed by atoms with E-state index in [0.717, 1.165) is 10.5 Å². The minimum absolute atomic E-state index is 0.172. The van der Waals surface area contributed by atoms with E-state index < -0.39 is 6.03 Å². The SMILES string of the molecule is CCOc1ccc(/C=C2\NC(=O)N(Cc3ccc(Cl)cc3)C2=O)cc1OC. The standard InChI is InChI=1S/C20H19ClN2O4/c1-3-27-17-9-6-14(11-18(17)26-2)10-16-19(24)23(20(25)22-16)12-13-4-7-15(21)8-5-13/h4-11H,3,12H2,1-2H3,(H,22,25)/b16-10-. The molecule has 1 aliphatic rings. The number of nitrogens with zero attached hydrogens (tertiary/aromatic N) is 1. The third kappa shape index (κ3) is 4.23. The van der Waals surface area contributed by atoms with Gasteiger partial charge in [-0.2, -0.15) is 0 Å². The Morgan fingerprint density at radius 2 is 1.85 bits per heavy atom. The quantitative estimate of drug-likeness (QED) is 0.605. The van der Waals surface area contributed by atoms with Crippen LogP contribution >= 0.6 is 11.6 Å². The molecule has 0 spiro atoms. The van der Waals surface area contributed by atoms with E-state index in [9.17, 15) is 9.59 Å². The Labute approximate surface area is 162 Å². The molecule has 0 aliphatic carbocycles. The first kappa shape index (κ1) is 18.8. The lowest BCUT2D eigenvalue weighted by Gasteiger charge is -2.11. The van der Waals surface area contributed by atoms with E-state index in [4.69, 9.17) is 21.1 Å². The number of halogens is 1. The number of hydrogen-bond donors (Lipinski definition) is 1. The van der Waals surface area contributed by atoms with E-state index in [1.807, 2.05) is 6.92 Å². The Morgan fingerprint density at radius 3 is 2.52 bits per heavy atom. The molecular weight excluding hydrogens is 368 g/mol. The molecule has 0 radical (unpaired) electrons. The molecule has 1 N–H and O–H groups in total. The number of ether oxygens (including phenoxy) is 2. The van der Waals surface area contributed by atoms with Gasteiger partial charge in [0.25, 0.3) is 5.91 Å². The third-order valence-corrected chi connectivity index (χ3v) is 4.27. The molecule has 3 amide bonds. The Balaban J connectivity index is 1.80. The molecule has 0 saturated carbocycles. The van der Waals surface area contributed by atoms with Crippen LogP contribution in [0.3, 0.4) is 0 Å². The van der Waals surface area contributed by atoms with Gasteiger partial charge >= 0.3 is 6.03 Å². The maximum atomic E-state index is 12.6. The summed E-state index contributed by atoms with van der Waals surface area (Å²) in [7, 11) is 1.55. The minimum atomic E-state index is -0.459. The van der Waals surface area contributed by atoms with Crippen molar-refractivity contribution in [2.24, 2.45) is 0 Å². The second-order valence-corrected chi connectivity index (χ2v) is 6.29. The molecule has 1 saturated heterocycles. The van der Waals surface area contributed by atoms with E-state index in [1.165, 1.54) is 0 Å². The van der Waals surface area contributed by atoms with E-state index in [0.29, 0.717) is 28.7 Å². The first-order chi connectivity index (χ1) is 13.0. The number of nitrogens with one attached hydrogen (secondary N) is 1. The number of carbonyl (C=O) groups excluding carboxylic acids is 2. The van der Waals surface area contributed by atoms with Crippen molar-refractivity contribution >= 4 is 29.6 Å². The number of imide groups is 1. The largest absolute Gasteiger partial charge is 0.493 e. The second-order valence-electron chi connectivity index (χ2n) is 5.85. The van der Waals surface area contributed by atoms with Crippen LogP contribution in [0.5, 0.6) is 11.5 Å². The van der Waals surface area contributed by atoms with Crippen molar-refractivity contribution in [1.29, 1.82) is 0 Å². The molecule has 6 nitrogen and oxygen atoms in total. The number of methoxy groups -OCH3 is 1. The monoisotopic (exact) mass is 386 g/mol. The summed E-state index contributed by atoms with van der Waals surface area (Å²) in [6.07, 6.45) is 1.61. The van der Waals surface area contributed by atoms with E-state index in [2.05, 4.69) is 5.32 Å². The Morgan fingerprint density at radius 1 is 1.11 bits per heavy atom. The van der Waals surface area contributed by atoms with Gasteiger partial charge in [0.1, 0.15) is 5.70 Å². The van der Waals surface area contributed by atoms with Gasteiger partial charge in [0.2, 0.25) is 0 Å². The summed E-state index contributed by atoms with van der Waals surface area (Å²) in [6, 6.07) is 11.8. The first-order valence-electron chi connectivity index (χ1n) is 8.41. The van der Waals surface area contributed by atoms with Crippen LogP contribution in [-0.2, 0) is 11.3 Å². The van der Waals surface area contributed by atoms with Crippen molar-refractivity contribution < 1.29 is 19.1 Å². The summed E-state index contributed by atoms with van der Waals surface area (Å²) in [6.45, 7) is 2.58. The summed E-state index contributed by atoms with van der Waals surface area (Å²) < 4.78 is 10.8. The molecule has 27 heavy (non-hydrogen) atoms. The van der Waals surface area contributed by atoms with Crippen LogP contribution in [-0.4, -0.2) is 30.6 Å². The average molecular weight is 387 g/mol. The molecule has 0 bridgehead atoms. The maximum Gasteiger partial charge on any atom is 0.329 e. The summed E-state index contributed by atoms with van der Waals surface area (Å²) in [5, 5.41) is 3.21. The number of hydrogen-bond acceptors (Lipinski definition) is 4. The van der Waals surface area contributed by atoms with Crippen LogP contribution < -0.4 is 14.8 Å². The smallest absolute Gasteiger partial charge is 0.329 e. The number of rotatable bonds is 6. The molecule has 1 aliphatic heterocycles. The van der Waals surface area contributed by atoms with Crippen LogP contribution in [0.4, 0.5) is 4.79 Å². The number of benzene rings is 2. The fourth-order valence-electron chi connectivity index (χ4n) is 2.70. The lowest BCUT2D eigenvalue weighted by atomic mass is 10.1. The molecule has 140 valence electrons. The molecule has 2 aromatic carbocycles. The molecule has 7 heteroatoms. The number of amides is 3. The molecule has 0 unspecified atom stereocenters. The van der Waals surface area contributed by atoms with Crippen LogP contribution in [0.15, 0.2) is 48.2 Å². The lowest BCUT2D eigenvalue weighted by molar-refractivity contribution is -0.123. The van der Waals surface area contributed by atoms with Crippen LogP contribution in [0.2, 0.25) is 5.02 Å². The van der Waals surface area contributed by atoms with Crippen molar-refractivity contribution in [2.45, 2.75) is 13.5 Å². The topological polar surface area (TPSA) is 67.9 Å². The highest BCUT2D eigenvalue weighted by molar-refractivity contribution is 6.30. The summed E-state index contributed by atoms with van der Waals surface area (Å²) in [5.41, 5.74) is 1.74. The highest BCUT2D eigenvalue weighted by Gasteiger charge is 2.33. The van der Waals surface area contributed by atoms with Crippen LogP contribution in [0.25, 0.3) is 6.08 Å². The molecule has 0 atom stereocenters. The van der Waals surface area contributed by atoms with Gasteiger partial charge in [0.05, 0.1) is 20.3 Å². The van der Waals surface area contributed by atoms with Gasteiger partial charge in [-0.25, -0.2) is 4.79 Å². The van der Waals surface area contributed by atoms with Gasteiger partial charge in [-0.05, 0) is 48.4 Å². The van der Waals surface area contributed by atoms with Crippen molar-refractivity contribution in [3.8, 4) is 11.5 Å². The Hall–Kier alpha value is -2.99. The normalized spacial score (nSPS) is 15.2.